The highest BCUT2D eigenvalue weighted by atomic mass is 16.3. The van der Waals surface area contributed by atoms with Gasteiger partial charge in [-0.15, -0.1) is 0 Å². The molecular formula is C12H15NO. The van der Waals surface area contributed by atoms with Gasteiger partial charge in [0.1, 0.15) is 0 Å². The molecule has 1 N–H and O–H groups in total. The Balaban J connectivity index is 3.13. The lowest BCUT2D eigenvalue weighted by atomic mass is 9.91. The third kappa shape index (κ3) is 2.34. The summed E-state index contributed by atoms with van der Waals surface area (Å²) in [6.07, 6.45) is 0.121. The standard InChI is InChI=1S/C12H15NO/c1-9-6-10(2)8-11(7-9)12(3,14)4-5-13/h6-8,14H,4H2,1-3H3. The fourth-order valence-electron chi connectivity index (χ4n) is 1.54. The van der Waals surface area contributed by atoms with Crippen LogP contribution in [0.4, 0.5) is 0 Å². The van der Waals surface area contributed by atoms with Crippen molar-refractivity contribution < 1.29 is 5.11 Å². The van der Waals surface area contributed by atoms with Crippen LogP contribution in [0.15, 0.2) is 18.2 Å². The third-order valence-corrected chi connectivity index (χ3v) is 2.27. The first-order chi connectivity index (χ1) is 6.45. The largest absolute Gasteiger partial charge is 0.384 e. The number of benzene rings is 1. The lowest BCUT2D eigenvalue weighted by Gasteiger charge is -2.21. The van der Waals surface area contributed by atoms with E-state index in [9.17, 15) is 5.11 Å². The predicted molar refractivity (Wildman–Crippen MR) is 55.7 cm³/mol. The molecule has 14 heavy (non-hydrogen) atoms. The smallest absolute Gasteiger partial charge is 0.0998 e. The molecule has 0 saturated carbocycles. The highest BCUT2D eigenvalue weighted by molar-refractivity contribution is 5.32. The van der Waals surface area contributed by atoms with Gasteiger partial charge in [-0.3, -0.25) is 0 Å². The molecule has 0 radical (unpaired) electrons. The maximum absolute atomic E-state index is 10.0. The Bertz CT molecular complexity index is 354. The molecule has 0 aliphatic carbocycles. The fourth-order valence-corrected chi connectivity index (χ4v) is 1.54. The van der Waals surface area contributed by atoms with Crippen LogP contribution in [-0.2, 0) is 5.60 Å². The fraction of sp³-hybridized carbons (Fsp3) is 0.417. The van der Waals surface area contributed by atoms with Gasteiger partial charge in [0.05, 0.1) is 18.1 Å². The Morgan fingerprint density at radius 1 is 1.29 bits per heavy atom. The maximum atomic E-state index is 10.0. The van der Waals surface area contributed by atoms with E-state index in [4.69, 9.17) is 5.26 Å². The molecule has 0 aliphatic heterocycles. The molecule has 0 fully saturated rings. The van der Waals surface area contributed by atoms with Gasteiger partial charge in [-0.2, -0.15) is 5.26 Å². The van der Waals surface area contributed by atoms with E-state index in [1.54, 1.807) is 6.92 Å². The zero-order valence-electron chi connectivity index (χ0n) is 8.83. The number of hydrogen-bond donors (Lipinski definition) is 1. The Hall–Kier alpha value is -1.33. The summed E-state index contributed by atoms with van der Waals surface area (Å²) in [4.78, 5) is 0. The average Bonchev–Trinajstić information content (AvgIpc) is 2.02. The van der Waals surface area contributed by atoms with Gasteiger partial charge in [-0.05, 0) is 26.3 Å². The van der Waals surface area contributed by atoms with Crippen LogP contribution in [-0.4, -0.2) is 5.11 Å². The molecule has 1 atom stereocenters. The number of nitriles is 1. The summed E-state index contributed by atoms with van der Waals surface area (Å²) in [7, 11) is 0. The van der Waals surface area contributed by atoms with Crippen molar-refractivity contribution in [3.8, 4) is 6.07 Å². The predicted octanol–water partition coefficient (Wildman–Crippen LogP) is 2.42. The summed E-state index contributed by atoms with van der Waals surface area (Å²) in [5, 5.41) is 18.6. The lowest BCUT2D eigenvalue weighted by molar-refractivity contribution is 0.0623. The number of nitrogens with zero attached hydrogens (tertiary/aromatic N) is 1. The van der Waals surface area contributed by atoms with Gasteiger partial charge in [0.2, 0.25) is 0 Å². The molecule has 0 aromatic heterocycles. The Morgan fingerprint density at radius 3 is 2.21 bits per heavy atom. The van der Waals surface area contributed by atoms with Crippen LogP contribution in [0.1, 0.15) is 30.0 Å². The first kappa shape index (κ1) is 10.7. The molecule has 0 amide bonds. The second-order valence-electron chi connectivity index (χ2n) is 3.99. The Labute approximate surface area is 84.8 Å². The summed E-state index contributed by atoms with van der Waals surface area (Å²) < 4.78 is 0. The van der Waals surface area contributed by atoms with Crippen molar-refractivity contribution in [1.29, 1.82) is 5.26 Å². The van der Waals surface area contributed by atoms with Gasteiger partial charge in [-0.25, -0.2) is 0 Å². The first-order valence-electron chi connectivity index (χ1n) is 4.64. The molecule has 1 unspecified atom stereocenters. The normalized spacial score (nSPS) is 14.5. The second-order valence-corrected chi connectivity index (χ2v) is 3.99. The van der Waals surface area contributed by atoms with E-state index in [1.807, 2.05) is 38.1 Å². The molecule has 1 aromatic carbocycles. The zero-order valence-corrected chi connectivity index (χ0v) is 8.83. The van der Waals surface area contributed by atoms with Crippen LogP contribution in [0, 0.1) is 25.2 Å². The van der Waals surface area contributed by atoms with Crippen LogP contribution in [0.25, 0.3) is 0 Å². The summed E-state index contributed by atoms with van der Waals surface area (Å²) in [5.41, 5.74) is 2.00. The first-order valence-corrected chi connectivity index (χ1v) is 4.64. The van der Waals surface area contributed by atoms with E-state index >= 15 is 0 Å². The molecule has 2 nitrogen and oxygen atoms in total. The minimum Gasteiger partial charge on any atom is -0.384 e. The van der Waals surface area contributed by atoms with E-state index in [-0.39, 0.29) is 6.42 Å². The summed E-state index contributed by atoms with van der Waals surface area (Å²) in [5.74, 6) is 0. The van der Waals surface area contributed by atoms with E-state index in [0.717, 1.165) is 16.7 Å². The van der Waals surface area contributed by atoms with Crippen molar-refractivity contribution in [3.63, 3.8) is 0 Å². The highest BCUT2D eigenvalue weighted by Gasteiger charge is 2.22. The molecule has 2 heteroatoms. The third-order valence-electron chi connectivity index (χ3n) is 2.27. The molecular weight excluding hydrogens is 174 g/mol. The molecule has 1 rings (SSSR count). The van der Waals surface area contributed by atoms with Gasteiger partial charge in [0, 0.05) is 0 Å². The highest BCUT2D eigenvalue weighted by Crippen LogP contribution is 2.25. The molecule has 0 heterocycles. The monoisotopic (exact) mass is 189 g/mol. The Morgan fingerprint density at radius 2 is 1.79 bits per heavy atom. The van der Waals surface area contributed by atoms with Gasteiger partial charge in [-0.1, -0.05) is 29.3 Å². The van der Waals surface area contributed by atoms with Crippen LogP contribution >= 0.6 is 0 Å². The van der Waals surface area contributed by atoms with Crippen LogP contribution in [0.2, 0.25) is 0 Å². The molecule has 0 spiro atoms. The van der Waals surface area contributed by atoms with Crippen LogP contribution < -0.4 is 0 Å². The van der Waals surface area contributed by atoms with E-state index < -0.39 is 5.60 Å². The van der Waals surface area contributed by atoms with Crippen molar-refractivity contribution >= 4 is 0 Å². The SMILES string of the molecule is Cc1cc(C)cc(C(C)(O)CC#N)c1. The van der Waals surface area contributed by atoms with Crippen molar-refractivity contribution in [2.45, 2.75) is 32.8 Å². The number of rotatable bonds is 2. The topological polar surface area (TPSA) is 44.0 Å². The number of aliphatic hydroxyl groups is 1. The molecule has 0 bridgehead atoms. The van der Waals surface area contributed by atoms with Crippen molar-refractivity contribution in [1.82, 2.24) is 0 Å². The zero-order chi connectivity index (χ0) is 10.8. The van der Waals surface area contributed by atoms with Crippen molar-refractivity contribution in [3.05, 3.63) is 34.9 Å². The van der Waals surface area contributed by atoms with Crippen molar-refractivity contribution in [2.75, 3.05) is 0 Å². The van der Waals surface area contributed by atoms with Gasteiger partial charge < -0.3 is 5.11 Å². The van der Waals surface area contributed by atoms with E-state index in [0.29, 0.717) is 0 Å². The molecule has 0 aliphatic rings. The number of hydrogen-bond acceptors (Lipinski definition) is 2. The van der Waals surface area contributed by atoms with E-state index in [2.05, 4.69) is 0 Å². The minimum atomic E-state index is -1.04. The van der Waals surface area contributed by atoms with Crippen molar-refractivity contribution in [2.24, 2.45) is 0 Å². The lowest BCUT2D eigenvalue weighted by Crippen LogP contribution is -2.20. The molecule has 74 valence electrons. The number of aryl methyl sites for hydroxylation is 2. The van der Waals surface area contributed by atoms with Gasteiger partial charge in [0.15, 0.2) is 0 Å². The summed E-state index contributed by atoms with van der Waals surface area (Å²) in [6, 6.07) is 7.88. The maximum Gasteiger partial charge on any atom is 0.0998 e. The second kappa shape index (κ2) is 3.81. The summed E-state index contributed by atoms with van der Waals surface area (Å²) in [6.45, 7) is 5.64. The Kier molecular flexibility index (Phi) is 2.93. The molecule has 0 saturated heterocycles. The quantitative estimate of drug-likeness (QED) is 0.776. The summed E-state index contributed by atoms with van der Waals surface area (Å²) >= 11 is 0. The van der Waals surface area contributed by atoms with Gasteiger partial charge in [0.25, 0.3) is 0 Å². The van der Waals surface area contributed by atoms with Crippen LogP contribution in [0.5, 0.6) is 0 Å². The average molecular weight is 189 g/mol. The van der Waals surface area contributed by atoms with Crippen LogP contribution in [0.3, 0.4) is 0 Å². The minimum absolute atomic E-state index is 0.121. The van der Waals surface area contributed by atoms with E-state index in [1.165, 1.54) is 0 Å². The molecule has 1 aromatic rings. The van der Waals surface area contributed by atoms with Gasteiger partial charge >= 0.3 is 0 Å².